The summed E-state index contributed by atoms with van der Waals surface area (Å²) in [6, 6.07) is 13.6. The molecule has 0 heterocycles. The minimum Gasteiger partial charge on any atom is -0.456 e. The molecule has 0 fully saturated rings. The lowest BCUT2D eigenvalue weighted by Gasteiger charge is -2.08. The molecule has 0 spiro atoms. The number of aryl methyl sites for hydroxylation is 2. The number of hydrogen-bond donors (Lipinski definition) is 0. The molecule has 0 N–H and O–H groups in total. The Hall–Kier alpha value is -1.47. The minimum atomic E-state index is 0.631. The first kappa shape index (κ1) is 11.0. The topological polar surface area (TPSA) is 9.23 Å². The predicted molar refractivity (Wildman–Crippen MR) is 67.4 cm³/mol. The van der Waals surface area contributed by atoms with Crippen molar-refractivity contribution >= 4 is 11.6 Å². The van der Waals surface area contributed by atoms with Crippen molar-refractivity contribution in [2.75, 3.05) is 0 Å². The lowest BCUT2D eigenvalue weighted by molar-refractivity contribution is 0.482. The third-order valence-corrected chi connectivity index (χ3v) is 2.65. The van der Waals surface area contributed by atoms with Gasteiger partial charge in [-0.2, -0.15) is 0 Å². The van der Waals surface area contributed by atoms with Crippen molar-refractivity contribution in [1.29, 1.82) is 0 Å². The molecule has 0 amide bonds. The average molecular weight is 233 g/mol. The molecule has 0 saturated heterocycles. The maximum Gasteiger partial charge on any atom is 0.146 e. The van der Waals surface area contributed by atoms with E-state index in [9.17, 15) is 0 Å². The highest BCUT2D eigenvalue weighted by Crippen LogP contribution is 2.30. The Balaban J connectivity index is 2.26. The van der Waals surface area contributed by atoms with Crippen molar-refractivity contribution in [3.05, 3.63) is 58.6 Å². The van der Waals surface area contributed by atoms with Gasteiger partial charge in [0.15, 0.2) is 0 Å². The summed E-state index contributed by atoms with van der Waals surface area (Å²) in [5, 5.41) is 0.631. The molecule has 82 valence electrons. The molecule has 0 radical (unpaired) electrons. The van der Waals surface area contributed by atoms with Crippen molar-refractivity contribution in [3.8, 4) is 11.5 Å². The number of hydrogen-bond acceptors (Lipinski definition) is 1. The van der Waals surface area contributed by atoms with E-state index < -0.39 is 0 Å². The predicted octanol–water partition coefficient (Wildman–Crippen LogP) is 4.75. The van der Waals surface area contributed by atoms with Gasteiger partial charge >= 0.3 is 0 Å². The third kappa shape index (κ3) is 2.56. The van der Waals surface area contributed by atoms with E-state index in [1.165, 1.54) is 5.56 Å². The molecule has 16 heavy (non-hydrogen) atoms. The number of benzene rings is 2. The number of rotatable bonds is 2. The van der Waals surface area contributed by atoms with Gasteiger partial charge in [-0.1, -0.05) is 35.4 Å². The van der Waals surface area contributed by atoms with Gasteiger partial charge in [0, 0.05) is 0 Å². The van der Waals surface area contributed by atoms with Crippen LogP contribution in [-0.4, -0.2) is 0 Å². The maximum atomic E-state index is 6.05. The minimum absolute atomic E-state index is 0.631. The molecule has 2 heteroatoms. The van der Waals surface area contributed by atoms with Gasteiger partial charge in [-0.05, 0) is 43.7 Å². The van der Waals surface area contributed by atoms with E-state index in [1.54, 1.807) is 0 Å². The Labute approximate surface area is 101 Å². The van der Waals surface area contributed by atoms with Crippen molar-refractivity contribution in [2.24, 2.45) is 0 Å². The fraction of sp³-hybridized carbons (Fsp3) is 0.143. The van der Waals surface area contributed by atoms with E-state index in [1.807, 2.05) is 56.3 Å². The van der Waals surface area contributed by atoms with Gasteiger partial charge in [-0.25, -0.2) is 0 Å². The summed E-state index contributed by atoms with van der Waals surface area (Å²) in [4.78, 5) is 0. The van der Waals surface area contributed by atoms with E-state index in [0.717, 1.165) is 11.3 Å². The van der Waals surface area contributed by atoms with Gasteiger partial charge < -0.3 is 4.74 Å². The summed E-state index contributed by atoms with van der Waals surface area (Å²) < 4.78 is 5.71. The van der Waals surface area contributed by atoms with Crippen LogP contribution in [0.3, 0.4) is 0 Å². The standard InChI is InChI=1S/C14H13ClO/c1-10-3-6-12(7-4-10)16-14-9-11(2)5-8-13(14)15/h3-9H,1-2H3. The Kier molecular flexibility index (Phi) is 3.16. The zero-order valence-electron chi connectivity index (χ0n) is 9.33. The van der Waals surface area contributed by atoms with Crippen LogP contribution in [0, 0.1) is 13.8 Å². The Morgan fingerprint density at radius 3 is 2.19 bits per heavy atom. The SMILES string of the molecule is Cc1ccc(Oc2cc(C)ccc2Cl)cc1. The molecule has 0 aliphatic rings. The number of ether oxygens (including phenoxy) is 1. The normalized spacial score (nSPS) is 10.2. The average Bonchev–Trinajstić information content (AvgIpc) is 2.27. The van der Waals surface area contributed by atoms with Crippen LogP contribution < -0.4 is 4.74 Å². The first-order chi connectivity index (χ1) is 7.65. The van der Waals surface area contributed by atoms with E-state index in [2.05, 4.69) is 0 Å². The van der Waals surface area contributed by atoms with Gasteiger partial charge in [0.1, 0.15) is 11.5 Å². The Bertz CT molecular complexity index is 489. The zero-order valence-corrected chi connectivity index (χ0v) is 10.1. The molecule has 0 unspecified atom stereocenters. The molecule has 2 rings (SSSR count). The van der Waals surface area contributed by atoms with Crippen LogP contribution in [0.25, 0.3) is 0 Å². The van der Waals surface area contributed by atoms with Gasteiger partial charge in [0.2, 0.25) is 0 Å². The molecular formula is C14H13ClO. The van der Waals surface area contributed by atoms with Gasteiger partial charge in [0.25, 0.3) is 0 Å². The van der Waals surface area contributed by atoms with Gasteiger partial charge in [0.05, 0.1) is 5.02 Å². The molecule has 0 saturated carbocycles. The maximum absolute atomic E-state index is 6.05. The highest BCUT2D eigenvalue weighted by molar-refractivity contribution is 6.32. The molecule has 0 aliphatic heterocycles. The van der Waals surface area contributed by atoms with Crippen molar-refractivity contribution in [1.82, 2.24) is 0 Å². The quantitative estimate of drug-likeness (QED) is 0.726. The molecule has 0 aliphatic carbocycles. The van der Waals surface area contributed by atoms with Crippen molar-refractivity contribution in [2.45, 2.75) is 13.8 Å². The summed E-state index contributed by atoms with van der Waals surface area (Å²) in [6.07, 6.45) is 0. The summed E-state index contributed by atoms with van der Waals surface area (Å²) in [6.45, 7) is 4.06. The van der Waals surface area contributed by atoms with Crippen LogP contribution in [-0.2, 0) is 0 Å². The monoisotopic (exact) mass is 232 g/mol. The molecule has 0 aromatic heterocycles. The van der Waals surface area contributed by atoms with Crippen LogP contribution in [0.1, 0.15) is 11.1 Å². The molecule has 2 aromatic carbocycles. The molecular weight excluding hydrogens is 220 g/mol. The Morgan fingerprint density at radius 2 is 1.50 bits per heavy atom. The van der Waals surface area contributed by atoms with E-state index in [-0.39, 0.29) is 0 Å². The second-order valence-electron chi connectivity index (χ2n) is 3.85. The van der Waals surface area contributed by atoms with Crippen molar-refractivity contribution < 1.29 is 4.74 Å². The smallest absolute Gasteiger partial charge is 0.146 e. The van der Waals surface area contributed by atoms with E-state index in [4.69, 9.17) is 16.3 Å². The van der Waals surface area contributed by atoms with Crippen LogP contribution in [0.15, 0.2) is 42.5 Å². The summed E-state index contributed by atoms with van der Waals surface area (Å²) in [5.41, 5.74) is 2.34. The second-order valence-corrected chi connectivity index (χ2v) is 4.26. The molecule has 2 aromatic rings. The first-order valence-electron chi connectivity index (χ1n) is 5.16. The lowest BCUT2D eigenvalue weighted by atomic mass is 10.2. The van der Waals surface area contributed by atoms with Gasteiger partial charge in [-0.15, -0.1) is 0 Å². The zero-order chi connectivity index (χ0) is 11.5. The second kappa shape index (κ2) is 4.58. The third-order valence-electron chi connectivity index (χ3n) is 2.34. The largest absolute Gasteiger partial charge is 0.456 e. The lowest BCUT2D eigenvalue weighted by Crippen LogP contribution is -1.86. The van der Waals surface area contributed by atoms with Crippen LogP contribution >= 0.6 is 11.6 Å². The fourth-order valence-corrected chi connectivity index (χ4v) is 1.58. The van der Waals surface area contributed by atoms with Crippen molar-refractivity contribution in [3.63, 3.8) is 0 Å². The molecule has 0 bridgehead atoms. The molecule has 1 nitrogen and oxygen atoms in total. The number of halogens is 1. The fourth-order valence-electron chi connectivity index (χ4n) is 1.42. The van der Waals surface area contributed by atoms with Crippen LogP contribution in [0.4, 0.5) is 0 Å². The molecule has 0 atom stereocenters. The van der Waals surface area contributed by atoms with Crippen LogP contribution in [0.5, 0.6) is 11.5 Å². The van der Waals surface area contributed by atoms with E-state index in [0.29, 0.717) is 10.8 Å². The van der Waals surface area contributed by atoms with E-state index >= 15 is 0 Å². The highest BCUT2D eigenvalue weighted by atomic mass is 35.5. The van der Waals surface area contributed by atoms with Crippen LogP contribution in [0.2, 0.25) is 5.02 Å². The summed E-state index contributed by atoms with van der Waals surface area (Å²) >= 11 is 6.05. The Morgan fingerprint density at radius 1 is 0.875 bits per heavy atom. The highest BCUT2D eigenvalue weighted by Gasteiger charge is 2.02. The summed E-state index contributed by atoms with van der Waals surface area (Å²) in [7, 11) is 0. The van der Waals surface area contributed by atoms with Gasteiger partial charge in [-0.3, -0.25) is 0 Å². The summed E-state index contributed by atoms with van der Waals surface area (Å²) in [5.74, 6) is 1.50. The first-order valence-corrected chi connectivity index (χ1v) is 5.53.